The van der Waals surface area contributed by atoms with Gasteiger partial charge in [-0.1, -0.05) is 6.07 Å². The number of benzene rings is 1. The van der Waals surface area contributed by atoms with Gasteiger partial charge in [-0.2, -0.15) is 5.26 Å². The van der Waals surface area contributed by atoms with Crippen molar-refractivity contribution in [3.8, 4) is 6.07 Å². The van der Waals surface area contributed by atoms with Crippen molar-refractivity contribution in [2.24, 2.45) is 0 Å². The zero-order valence-corrected chi connectivity index (χ0v) is 10.7. The molecule has 0 N–H and O–H groups in total. The average Bonchev–Trinajstić information content (AvgIpc) is 2.67. The van der Waals surface area contributed by atoms with Crippen molar-refractivity contribution in [1.82, 2.24) is 9.55 Å². The highest BCUT2D eigenvalue weighted by molar-refractivity contribution is 6.17. The predicted molar refractivity (Wildman–Crippen MR) is 69.3 cm³/mol. The van der Waals surface area contributed by atoms with Crippen LogP contribution in [-0.2, 0) is 6.42 Å². The van der Waals surface area contributed by atoms with Crippen LogP contribution in [-0.4, -0.2) is 15.4 Å². The molecule has 0 radical (unpaired) electrons. The third-order valence-electron chi connectivity index (χ3n) is 2.75. The van der Waals surface area contributed by atoms with E-state index in [0.717, 1.165) is 23.3 Å². The van der Waals surface area contributed by atoms with Gasteiger partial charge in [0.25, 0.3) is 0 Å². The minimum absolute atomic E-state index is 0.312. The summed E-state index contributed by atoms with van der Waals surface area (Å²) in [5.41, 5.74) is 2.42. The van der Waals surface area contributed by atoms with Crippen molar-refractivity contribution in [3.05, 3.63) is 29.6 Å². The van der Waals surface area contributed by atoms with Crippen LogP contribution in [0.2, 0.25) is 0 Å². The van der Waals surface area contributed by atoms with Gasteiger partial charge in [0.05, 0.1) is 11.1 Å². The Balaban J connectivity index is 2.75. The fourth-order valence-corrected chi connectivity index (χ4v) is 2.26. The molecule has 0 unspecified atom stereocenters. The molecule has 2 aromatic rings. The third kappa shape index (κ3) is 2.01. The van der Waals surface area contributed by atoms with Gasteiger partial charge < -0.3 is 4.57 Å². The molecule has 0 bridgehead atoms. The Morgan fingerprint density at radius 3 is 2.82 bits per heavy atom. The summed E-state index contributed by atoms with van der Waals surface area (Å²) in [6.45, 7) is 4.22. The summed E-state index contributed by atoms with van der Waals surface area (Å²) in [5, 5.41) is 9.08. The molecule has 0 aliphatic heterocycles. The van der Waals surface area contributed by atoms with Crippen LogP contribution in [0.3, 0.4) is 0 Å². The first-order valence-corrected chi connectivity index (χ1v) is 6.18. The lowest BCUT2D eigenvalue weighted by Crippen LogP contribution is -2.06. The maximum Gasteiger partial charge on any atom is 0.111 e. The van der Waals surface area contributed by atoms with Gasteiger partial charge in [-0.3, -0.25) is 0 Å². The number of aryl methyl sites for hydroxylation is 1. The molecule has 0 saturated heterocycles. The number of halogens is 1. The van der Waals surface area contributed by atoms with Crippen LogP contribution >= 0.6 is 11.6 Å². The molecule has 0 aliphatic rings. The Morgan fingerprint density at radius 2 is 2.24 bits per heavy atom. The van der Waals surface area contributed by atoms with Crippen molar-refractivity contribution >= 4 is 22.6 Å². The van der Waals surface area contributed by atoms with E-state index in [9.17, 15) is 0 Å². The van der Waals surface area contributed by atoms with Gasteiger partial charge in [0.1, 0.15) is 17.4 Å². The molecule has 0 fully saturated rings. The van der Waals surface area contributed by atoms with Crippen molar-refractivity contribution in [2.75, 3.05) is 5.88 Å². The van der Waals surface area contributed by atoms with E-state index in [0.29, 0.717) is 17.5 Å². The van der Waals surface area contributed by atoms with Crippen LogP contribution in [0, 0.1) is 11.3 Å². The fourth-order valence-electron chi connectivity index (χ4n) is 2.09. The zero-order valence-electron chi connectivity index (χ0n) is 9.94. The largest absolute Gasteiger partial charge is 0.325 e. The second-order valence-corrected chi connectivity index (χ2v) is 4.59. The van der Waals surface area contributed by atoms with E-state index in [-0.39, 0.29) is 0 Å². The first-order chi connectivity index (χ1) is 8.19. The zero-order chi connectivity index (χ0) is 12.4. The topological polar surface area (TPSA) is 41.6 Å². The summed E-state index contributed by atoms with van der Waals surface area (Å²) in [7, 11) is 0. The molecule has 0 spiro atoms. The van der Waals surface area contributed by atoms with Gasteiger partial charge in [0.15, 0.2) is 0 Å². The number of hydrogen-bond donors (Lipinski definition) is 0. The van der Waals surface area contributed by atoms with Crippen molar-refractivity contribution in [1.29, 1.82) is 5.26 Å². The van der Waals surface area contributed by atoms with Crippen LogP contribution in [0.15, 0.2) is 18.2 Å². The van der Waals surface area contributed by atoms with E-state index in [4.69, 9.17) is 16.9 Å². The number of fused-ring (bicyclic) bond motifs is 1. The standard InChI is InChI=1S/C13H14ClN3/c1-9(2)17-11-5-3-4-10(8-15)13(11)16-12(17)6-7-14/h3-5,9H,6-7H2,1-2H3. The second-order valence-electron chi connectivity index (χ2n) is 4.22. The Morgan fingerprint density at radius 1 is 1.47 bits per heavy atom. The van der Waals surface area contributed by atoms with E-state index in [2.05, 4.69) is 29.5 Å². The van der Waals surface area contributed by atoms with Crippen molar-refractivity contribution in [2.45, 2.75) is 26.3 Å². The number of nitriles is 1. The quantitative estimate of drug-likeness (QED) is 0.781. The van der Waals surface area contributed by atoms with Gasteiger partial charge in [-0.05, 0) is 26.0 Å². The van der Waals surface area contributed by atoms with Crippen LogP contribution in [0.1, 0.15) is 31.3 Å². The molecule has 1 aromatic heterocycles. The lowest BCUT2D eigenvalue weighted by molar-refractivity contribution is 0.589. The molecule has 1 heterocycles. The summed E-state index contributed by atoms with van der Waals surface area (Å²) < 4.78 is 2.15. The molecule has 2 rings (SSSR count). The van der Waals surface area contributed by atoms with E-state index in [1.807, 2.05) is 12.1 Å². The molecule has 0 amide bonds. The lowest BCUT2D eigenvalue weighted by Gasteiger charge is -2.12. The number of alkyl halides is 1. The monoisotopic (exact) mass is 247 g/mol. The molecular formula is C13H14ClN3. The molecule has 1 aromatic carbocycles. The van der Waals surface area contributed by atoms with Gasteiger partial charge in [-0.15, -0.1) is 11.6 Å². The SMILES string of the molecule is CC(C)n1c(CCCl)nc2c(C#N)cccc21. The highest BCUT2D eigenvalue weighted by Crippen LogP contribution is 2.24. The van der Waals surface area contributed by atoms with Crippen LogP contribution in [0.4, 0.5) is 0 Å². The maximum absolute atomic E-state index is 9.08. The summed E-state index contributed by atoms with van der Waals surface area (Å²) in [4.78, 5) is 4.55. The highest BCUT2D eigenvalue weighted by Gasteiger charge is 2.14. The molecule has 4 heteroatoms. The molecule has 17 heavy (non-hydrogen) atoms. The summed E-state index contributed by atoms with van der Waals surface area (Å²) in [5.74, 6) is 1.49. The smallest absolute Gasteiger partial charge is 0.111 e. The number of imidazole rings is 1. The van der Waals surface area contributed by atoms with E-state index >= 15 is 0 Å². The minimum atomic E-state index is 0.312. The first kappa shape index (κ1) is 11.9. The molecular weight excluding hydrogens is 234 g/mol. The summed E-state index contributed by atoms with van der Waals surface area (Å²) >= 11 is 5.80. The molecule has 88 valence electrons. The molecule has 0 aliphatic carbocycles. The van der Waals surface area contributed by atoms with Gasteiger partial charge >= 0.3 is 0 Å². The van der Waals surface area contributed by atoms with E-state index in [1.54, 1.807) is 6.07 Å². The van der Waals surface area contributed by atoms with Crippen molar-refractivity contribution < 1.29 is 0 Å². The Labute approximate surface area is 106 Å². The normalized spacial score (nSPS) is 11.0. The maximum atomic E-state index is 9.08. The average molecular weight is 248 g/mol. The number of para-hydroxylation sites is 1. The van der Waals surface area contributed by atoms with Gasteiger partial charge in [0.2, 0.25) is 0 Å². The number of hydrogen-bond acceptors (Lipinski definition) is 2. The third-order valence-corrected chi connectivity index (χ3v) is 2.94. The van der Waals surface area contributed by atoms with Gasteiger partial charge in [0, 0.05) is 18.3 Å². The Kier molecular flexibility index (Phi) is 3.35. The number of aromatic nitrogens is 2. The summed E-state index contributed by atoms with van der Waals surface area (Å²) in [6.07, 6.45) is 0.722. The number of nitrogens with zero attached hydrogens (tertiary/aromatic N) is 3. The molecule has 0 atom stereocenters. The fraction of sp³-hybridized carbons (Fsp3) is 0.385. The minimum Gasteiger partial charge on any atom is -0.325 e. The molecule has 0 saturated carbocycles. The first-order valence-electron chi connectivity index (χ1n) is 5.65. The van der Waals surface area contributed by atoms with E-state index < -0.39 is 0 Å². The predicted octanol–water partition coefficient (Wildman–Crippen LogP) is 3.27. The Hall–Kier alpha value is -1.53. The second kappa shape index (κ2) is 4.77. The molecule has 3 nitrogen and oxygen atoms in total. The summed E-state index contributed by atoms with van der Waals surface area (Å²) in [6, 6.07) is 8.19. The van der Waals surface area contributed by atoms with Crippen LogP contribution in [0.25, 0.3) is 11.0 Å². The number of rotatable bonds is 3. The lowest BCUT2D eigenvalue weighted by atomic mass is 10.2. The van der Waals surface area contributed by atoms with Crippen LogP contribution < -0.4 is 0 Å². The van der Waals surface area contributed by atoms with E-state index in [1.165, 1.54) is 0 Å². The Bertz CT molecular complexity index is 578. The van der Waals surface area contributed by atoms with Crippen molar-refractivity contribution in [3.63, 3.8) is 0 Å². The van der Waals surface area contributed by atoms with Gasteiger partial charge in [-0.25, -0.2) is 4.98 Å². The van der Waals surface area contributed by atoms with Crippen LogP contribution in [0.5, 0.6) is 0 Å². The highest BCUT2D eigenvalue weighted by atomic mass is 35.5.